The molecule has 0 fully saturated rings. The van der Waals surface area contributed by atoms with E-state index < -0.39 is 5.97 Å². The first-order chi connectivity index (χ1) is 12.7. The molecular formula is C23H27NO2. The molecule has 0 aliphatic rings. The molecule has 2 aromatic carbocycles. The highest BCUT2D eigenvalue weighted by molar-refractivity contribution is 5.94. The number of para-hydroxylation sites is 2. The highest BCUT2D eigenvalue weighted by Crippen LogP contribution is 2.23. The average molecular weight is 349 g/mol. The van der Waals surface area contributed by atoms with E-state index in [4.69, 9.17) is 10.1 Å². The summed E-state index contributed by atoms with van der Waals surface area (Å²) in [7, 11) is 0. The number of rotatable bonds is 10. The monoisotopic (exact) mass is 349 g/mol. The number of unbranched alkanes of at least 4 members (excludes halogenated alkanes) is 6. The molecule has 0 radical (unpaired) electrons. The molecule has 0 atom stereocenters. The summed E-state index contributed by atoms with van der Waals surface area (Å²) < 4.78 is 0. The van der Waals surface area contributed by atoms with Crippen molar-refractivity contribution >= 4 is 27.8 Å². The van der Waals surface area contributed by atoms with Crippen molar-refractivity contribution in [1.29, 1.82) is 0 Å². The lowest BCUT2D eigenvalue weighted by molar-refractivity contribution is -0.137. The lowest BCUT2D eigenvalue weighted by Gasteiger charge is -2.08. The van der Waals surface area contributed by atoms with Crippen LogP contribution in [0.1, 0.15) is 56.9 Å². The summed E-state index contributed by atoms with van der Waals surface area (Å²) in [6.45, 7) is 0. The highest BCUT2D eigenvalue weighted by Gasteiger charge is 2.05. The Morgan fingerprint density at radius 1 is 0.808 bits per heavy atom. The molecule has 3 heteroatoms. The molecule has 1 heterocycles. The van der Waals surface area contributed by atoms with E-state index in [1.807, 2.05) is 6.07 Å². The molecular weight excluding hydrogens is 322 g/mol. The number of carboxylic acids is 1. The van der Waals surface area contributed by atoms with Crippen molar-refractivity contribution in [2.45, 2.75) is 57.8 Å². The predicted molar refractivity (Wildman–Crippen MR) is 108 cm³/mol. The molecule has 136 valence electrons. The van der Waals surface area contributed by atoms with Crippen LogP contribution in [-0.4, -0.2) is 16.1 Å². The van der Waals surface area contributed by atoms with Crippen LogP contribution in [0.5, 0.6) is 0 Å². The van der Waals surface area contributed by atoms with Crippen LogP contribution in [0.15, 0.2) is 48.5 Å². The number of aliphatic carboxylic acids is 1. The number of hydrogen-bond donors (Lipinski definition) is 1. The van der Waals surface area contributed by atoms with Crippen LogP contribution < -0.4 is 0 Å². The fourth-order valence-electron chi connectivity index (χ4n) is 3.54. The van der Waals surface area contributed by atoms with Gasteiger partial charge in [-0.05, 0) is 37.0 Å². The Morgan fingerprint density at radius 2 is 1.50 bits per heavy atom. The maximum Gasteiger partial charge on any atom is 0.303 e. The first-order valence-electron chi connectivity index (χ1n) is 9.73. The number of nitrogens with zero attached hydrogens (tertiary/aromatic N) is 1. The largest absolute Gasteiger partial charge is 0.481 e. The second-order valence-corrected chi connectivity index (χ2v) is 7.04. The molecule has 0 bridgehead atoms. The van der Waals surface area contributed by atoms with Crippen LogP contribution in [0, 0.1) is 0 Å². The van der Waals surface area contributed by atoms with Gasteiger partial charge >= 0.3 is 5.97 Å². The molecule has 3 nitrogen and oxygen atoms in total. The lowest BCUT2D eigenvalue weighted by atomic mass is 10.0. The van der Waals surface area contributed by atoms with Crippen LogP contribution in [-0.2, 0) is 11.2 Å². The van der Waals surface area contributed by atoms with Crippen LogP contribution in [0.2, 0.25) is 0 Å². The molecule has 3 rings (SSSR count). The maximum absolute atomic E-state index is 10.5. The third-order valence-electron chi connectivity index (χ3n) is 4.97. The second kappa shape index (κ2) is 9.33. The van der Waals surface area contributed by atoms with Gasteiger partial charge in [-0.15, -0.1) is 0 Å². The summed E-state index contributed by atoms with van der Waals surface area (Å²) in [5.74, 6) is -0.679. The van der Waals surface area contributed by atoms with Gasteiger partial charge in [-0.2, -0.15) is 0 Å². The van der Waals surface area contributed by atoms with Gasteiger partial charge in [0.05, 0.1) is 11.0 Å². The van der Waals surface area contributed by atoms with Gasteiger partial charge in [-0.3, -0.25) is 4.79 Å². The summed E-state index contributed by atoms with van der Waals surface area (Å²) in [5, 5.41) is 11.0. The van der Waals surface area contributed by atoms with Crippen molar-refractivity contribution in [1.82, 2.24) is 4.98 Å². The molecule has 0 unspecified atom stereocenters. The predicted octanol–water partition coefficient (Wildman–Crippen LogP) is 6.14. The van der Waals surface area contributed by atoms with Gasteiger partial charge < -0.3 is 5.11 Å². The second-order valence-electron chi connectivity index (χ2n) is 7.04. The van der Waals surface area contributed by atoms with Gasteiger partial charge in [-0.25, -0.2) is 4.98 Å². The molecule has 0 saturated carbocycles. The van der Waals surface area contributed by atoms with E-state index in [1.54, 1.807) is 0 Å². The zero-order valence-corrected chi connectivity index (χ0v) is 15.3. The van der Waals surface area contributed by atoms with Gasteiger partial charge in [0.2, 0.25) is 0 Å². The first-order valence-corrected chi connectivity index (χ1v) is 9.73. The van der Waals surface area contributed by atoms with Crippen molar-refractivity contribution in [2.24, 2.45) is 0 Å². The van der Waals surface area contributed by atoms with Gasteiger partial charge in [-0.1, -0.05) is 68.5 Å². The zero-order valence-electron chi connectivity index (χ0n) is 15.3. The molecule has 1 N–H and O–H groups in total. The minimum Gasteiger partial charge on any atom is -0.481 e. The number of fused-ring (bicyclic) bond motifs is 2. The van der Waals surface area contributed by atoms with Crippen LogP contribution >= 0.6 is 0 Å². The summed E-state index contributed by atoms with van der Waals surface area (Å²) in [6.07, 6.45) is 9.22. The maximum atomic E-state index is 10.5. The minimum absolute atomic E-state index is 0.308. The van der Waals surface area contributed by atoms with Gasteiger partial charge in [0.15, 0.2) is 0 Å². The molecule has 0 spiro atoms. The molecule has 26 heavy (non-hydrogen) atoms. The summed E-state index contributed by atoms with van der Waals surface area (Å²) in [4.78, 5) is 15.4. The molecule has 0 amide bonds. The third-order valence-corrected chi connectivity index (χ3v) is 4.97. The number of carbonyl (C=O) groups is 1. The Balaban J connectivity index is 1.48. The number of benzene rings is 2. The minimum atomic E-state index is -0.679. The van der Waals surface area contributed by atoms with Crippen molar-refractivity contribution in [3.63, 3.8) is 0 Å². The van der Waals surface area contributed by atoms with E-state index >= 15 is 0 Å². The molecule has 1 aromatic heterocycles. The Morgan fingerprint density at radius 3 is 2.31 bits per heavy atom. The number of aryl methyl sites for hydroxylation is 1. The summed E-state index contributed by atoms with van der Waals surface area (Å²) in [5.41, 5.74) is 3.54. The third kappa shape index (κ3) is 5.04. The normalized spacial score (nSPS) is 11.2. The Hall–Kier alpha value is -2.42. The van der Waals surface area contributed by atoms with E-state index in [2.05, 4.69) is 42.5 Å². The number of aromatic nitrogens is 1. The average Bonchev–Trinajstić information content (AvgIpc) is 2.65. The fourth-order valence-corrected chi connectivity index (χ4v) is 3.54. The van der Waals surface area contributed by atoms with Crippen LogP contribution in [0.4, 0.5) is 0 Å². The van der Waals surface area contributed by atoms with Crippen molar-refractivity contribution < 1.29 is 9.90 Å². The summed E-state index contributed by atoms with van der Waals surface area (Å²) >= 11 is 0. The van der Waals surface area contributed by atoms with E-state index in [-0.39, 0.29) is 0 Å². The number of carboxylic acid groups (broad SMARTS) is 1. The van der Waals surface area contributed by atoms with Crippen molar-refractivity contribution in [2.75, 3.05) is 0 Å². The molecule has 3 aromatic rings. The van der Waals surface area contributed by atoms with Crippen LogP contribution in [0.25, 0.3) is 21.8 Å². The Kier molecular flexibility index (Phi) is 6.59. The first kappa shape index (κ1) is 18.4. The topological polar surface area (TPSA) is 50.2 Å². The van der Waals surface area contributed by atoms with Crippen LogP contribution in [0.3, 0.4) is 0 Å². The van der Waals surface area contributed by atoms with Gasteiger partial charge in [0.1, 0.15) is 0 Å². The Bertz CT molecular complexity index is 872. The molecule has 0 aliphatic carbocycles. The smallest absolute Gasteiger partial charge is 0.303 e. The van der Waals surface area contributed by atoms with Gasteiger partial charge in [0, 0.05) is 17.2 Å². The fraction of sp³-hybridized carbons (Fsp3) is 0.391. The SMILES string of the molecule is O=C(O)CCCCCCCCCc1cccc2cc3ccccc3nc12. The number of hydrogen-bond acceptors (Lipinski definition) is 2. The quantitative estimate of drug-likeness (QED) is 0.353. The summed E-state index contributed by atoms with van der Waals surface area (Å²) in [6, 6.07) is 17.0. The lowest BCUT2D eigenvalue weighted by Crippen LogP contribution is -1.93. The molecule has 0 aliphatic heterocycles. The van der Waals surface area contributed by atoms with Gasteiger partial charge in [0.25, 0.3) is 0 Å². The highest BCUT2D eigenvalue weighted by atomic mass is 16.4. The van der Waals surface area contributed by atoms with Crippen molar-refractivity contribution in [3.8, 4) is 0 Å². The van der Waals surface area contributed by atoms with E-state index in [0.29, 0.717) is 6.42 Å². The molecule has 0 saturated heterocycles. The zero-order chi connectivity index (χ0) is 18.2. The van der Waals surface area contributed by atoms with E-state index in [0.717, 1.165) is 36.7 Å². The van der Waals surface area contributed by atoms with E-state index in [1.165, 1.54) is 42.0 Å². The standard InChI is InChI=1S/C23H27NO2/c25-22(26)16-7-5-3-1-2-4-6-11-18-13-10-14-20-17-19-12-8-9-15-21(19)24-23(18)20/h8-10,12-15,17H,1-7,11,16H2,(H,25,26). The van der Waals surface area contributed by atoms with Crippen molar-refractivity contribution in [3.05, 3.63) is 54.1 Å². The number of pyridine rings is 1. The van der Waals surface area contributed by atoms with E-state index in [9.17, 15) is 4.79 Å². The Labute approximate surface area is 155 Å².